The molecule has 0 saturated heterocycles. The molecule has 3 rings (SSSR count). The van der Waals surface area contributed by atoms with Gasteiger partial charge in [-0.15, -0.1) is 11.3 Å². The van der Waals surface area contributed by atoms with Crippen molar-refractivity contribution in [2.45, 2.75) is 39.2 Å². The largest absolute Gasteiger partial charge is 0.255 e. The molecule has 0 aliphatic heterocycles. The quantitative estimate of drug-likeness (QED) is 0.477. The van der Waals surface area contributed by atoms with Gasteiger partial charge in [-0.25, -0.2) is 4.68 Å². The zero-order valence-electron chi connectivity index (χ0n) is 14.0. The zero-order valence-corrected chi connectivity index (χ0v) is 16.4. The monoisotopic (exact) mass is 403 g/mol. The molecule has 3 nitrogen and oxygen atoms in total. The second-order valence-electron chi connectivity index (χ2n) is 6.23. The van der Waals surface area contributed by atoms with Crippen molar-refractivity contribution in [3.8, 4) is 11.3 Å². The number of hydrogen-bond donors (Lipinski definition) is 0. The van der Waals surface area contributed by atoms with Gasteiger partial charge in [-0.05, 0) is 45.1 Å². The fourth-order valence-electron chi connectivity index (χ4n) is 2.69. The molecule has 0 radical (unpaired) electrons. The summed E-state index contributed by atoms with van der Waals surface area (Å²) in [6.07, 6.45) is 10.0. The Morgan fingerprint density at radius 3 is 2.83 bits per heavy atom. The highest BCUT2D eigenvalue weighted by Crippen LogP contribution is 2.28. The molecule has 1 aromatic heterocycles. The van der Waals surface area contributed by atoms with Crippen molar-refractivity contribution in [2.24, 2.45) is 16.0 Å². The Morgan fingerprint density at radius 1 is 1.29 bits per heavy atom. The molecule has 0 amide bonds. The lowest BCUT2D eigenvalue weighted by molar-refractivity contribution is 0.621. The molecule has 126 valence electrons. The van der Waals surface area contributed by atoms with E-state index in [-0.39, 0.29) is 6.04 Å². The van der Waals surface area contributed by atoms with Crippen LogP contribution >= 0.6 is 27.3 Å². The molecule has 1 aliphatic carbocycles. The molecule has 2 aromatic rings. The smallest absolute Gasteiger partial charge is 0.206 e. The molecule has 1 aromatic carbocycles. The van der Waals surface area contributed by atoms with Gasteiger partial charge in [-0.1, -0.05) is 46.3 Å². The topological polar surface area (TPSA) is 29.6 Å². The maximum Gasteiger partial charge on any atom is 0.206 e. The molecular weight excluding hydrogens is 382 g/mol. The van der Waals surface area contributed by atoms with Crippen molar-refractivity contribution in [2.75, 3.05) is 0 Å². The first kappa shape index (κ1) is 17.4. The SMILES string of the molecule is CC(C)N=c1scc(-c2ccccc2Br)n1N=CC1CC=CCC1. The highest BCUT2D eigenvalue weighted by Gasteiger charge is 2.12. The molecule has 24 heavy (non-hydrogen) atoms. The minimum absolute atomic E-state index is 0.245. The second-order valence-corrected chi connectivity index (χ2v) is 7.92. The summed E-state index contributed by atoms with van der Waals surface area (Å²) in [6, 6.07) is 8.50. The lowest BCUT2D eigenvalue weighted by Gasteiger charge is -2.12. The van der Waals surface area contributed by atoms with Crippen LogP contribution in [0.5, 0.6) is 0 Å². The van der Waals surface area contributed by atoms with Crippen LogP contribution < -0.4 is 4.80 Å². The molecule has 0 saturated carbocycles. The predicted octanol–water partition coefficient (Wildman–Crippen LogP) is 5.48. The molecule has 1 heterocycles. The van der Waals surface area contributed by atoms with Crippen LogP contribution in [0.15, 0.2) is 56.4 Å². The van der Waals surface area contributed by atoms with Gasteiger partial charge in [0.1, 0.15) is 0 Å². The summed E-state index contributed by atoms with van der Waals surface area (Å²) in [5.41, 5.74) is 2.22. The van der Waals surface area contributed by atoms with E-state index in [2.05, 4.69) is 71.7 Å². The summed E-state index contributed by atoms with van der Waals surface area (Å²) in [5.74, 6) is 0.515. The predicted molar refractivity (Wildman–Crippen MR) is 107 cm³/mol. The summed E-state index contributed by atoms with van der Waals surface area (Å²) >= 11 is 5.30. The van der Waals surface area contributed by atoms with E-state index in [1.54, 1.807) is 11.3 Å². The van der Waals surface area contributed by atoms with Crippen molar-refractivity contribution in [3.05, 3.63) is 51.1 Å². The molecule has 5 heteroatoms. The average Bonchev–Trinajstić information content (AvgIpc) is 2.96. The van der Waals surface area contributed by atoms with Gasteiger partial charge in [0.05, 0.1) is 5.69 Å². The van der Waals surface area contributed by atoms with Gasteiger partial charge < -0.3 is 0 Å². The number of nitrogens with zero attached hydrogens (tertiary/aromatic N) is 3. The fourth-order valence-corrected chi connectivity index (χ4v) is 4.14. The fraction of sp³-hybridized carbons (Fsp3) is 0.368. The maximum absolute atomic E-state index is 4.81. The Hall–Kier alpha value is -1.46. The first-order valence-electron chi connectivity index (χ1n) is 8.34. The van der Waals surface area contributed by atoms with Gasteiger partial charge in [-0.2, -0.15) is 5.10 Å². The molecule has 1 unspecified atom stereocenters. The second kappa shape index (κ2) is 8.08. The normalized spacial score (nSPS) is 18.8. The number of rotatable bonds is 4. The highest BCUT2D eigenvalue weighted by atomic mass is 79.9. The van der Waals surface area contributed by atoms with Crippen LogP contribution in [-0.2, 0) is 0 Å². The Labute approximate surface area is 155 Å². The van der Waals surface area contributed by atoms with Gasteiger partial charge >= 0.3 is 0 Å². The van der Waals surface area contributed by atoms with Gasteiger partial charge in [0.2, 0.25) is 4.80 Å². The van der Waals surface area contributed by atoms with Crippen LogP contribution in [0.2, 0.25) is 0 Å². The molecule has 0 fully saturated rings. The van der Waals surface area contributed by atoms with Gasteiger partial charge in [-0.3, -0.25) is 4.99 Å². The molecule has 0 bridgehead atoms. The van der Waals surface area contributed by atoms with E-state index >= 15 is 0 Å². The van der Waals surface area contributed by atoms with Gasteiger partial charge in [0, 0.05) is 27.7 Å². The standard InChI is InChI=1S/C19H22BrN3S/c1-14(2)22-19-23(21-12-15-8-4-3-5-9-15)18(13-24-19)16-10-6-7-11-17(16)20/h3-4,6-7,10-15H,5,8-9H2,1-2H3. The van der Waals surface area contributed by atoms with E-state index in [0.29, 0.717) is 5.92 Å². The third-order valence-electron chi connectivity index (χ3n) is 3.91. The Morgan fingerprint density at radius 2 is 2.12 bits per heavy atom. The average molecular weight is 404 g/mol. The molecule has 1 atom stereocenters. The van der Waals surface area contributed by atoms with Crippen LogP contribution in [0, 0.1) is 5.92 Å². The van der Waals surface area contributed by atoms with E-state index in [0.717, 1.165) is 33.4 Å². The third-order valence-corrected chi connectivity index (χ3v) is 5.43. The van der Waals surface area contributed by atoms with Gasteiger partial charge in [0.15, 0.2) is 0 Å². The Bertz CT molecular complexity index is 814. The molecule has 1 aliphatic rings. The number of hydrogen-bond acceptors (Lipinski definition) is 3. The summed E-state index contributed by atoms with van der Waals surface area (Å²) < 4.78 is 3.06. The zero-order chi connectivity index (χ0) is 16.9. The van der Waals surface area contributed by atoms with Crippen molar-refractivity contribution >= 4 is 33.5 Å². The molecular formula is C19H22BrN3S. The van der Waals surface area contributed by atoms with Crippen molar-refractivity contribution in [1.82, 2.24) is 4.68 Å². The van der Waals surface area contributed by atoms with Crippen molar-refractivity contribution in [1.29, 1.82) is 0 Å². The lowest BCUT2D eigenvalue weighted by atomic mass is 9.96. The first-order chi connectivity index (χ1) is 11.6. The Balaban J connectivity index is 2.04. The minimum atomic E-state index is 0.245. The summed E-state index contributed by atoms with van der Waals surface area (Å²) in [5, 5.41) is 6.95. The van der Waals surface area contributed by atoms with E-state index in [1.165, 1.54) is 6.42 Å². The van der Waals surface area contributed by atoms with Crippen molar-refractivity contribution in [3.63, 3.8) is 0 Å². The number of benzene rings is 1. The summed E-state index contributed by atoms with van der Waals surface area (Å²) in [4.78, 5) is 5.68. The van der Waals surface area contributed by atoms with E-state index in [9.17, 15) is 0 Å². The lowest BCUT2D eigenvalue weighted by Crippen LogP contribution is -2.16. The number of allylic oxidation sites excluding steroid dienone is 2. The maximum atomic E-state index is 4.81. The van der Waals surface area contributed by atoms with Crippen LogP contribution in [0.25, 0.3) is 11.3 Å². The molecule has 0 N–H and O–H groups in total. The van der Waals surface area contributed by atoms with E-state index in [4.69, 9.17) is 10.1 Å². The van der Waals surface area contributed by atoms with Crippen LogP contribution in [0.4, 0.5) is 0 Å². The summed E-state index contributed by atoms with van der Waals surface area (Å²) in [7, 11) is 0. The number of halogens is 1. The first-order valence-corrected chi connectivity index (χ1v) is 10.0. The van der Waals surface area contributed by atoms with E-state index < -0.39 is 0 Å². The van der Waals surface area contributed by atoms with Crippen molar-refractivity contribution < 1.29 is 0 Å². The van der Waals surface area contributed by atoms with Crippen LogP contribution in [0.1, 0.15) is 33.1 Å². The molecule has 0 spiro atoms. The van der Waals surface area contributed by atoms with Crippen LogP contribution in [-0.4, -0.2) is 16.9 Å². The number of thiazole rings is 1. The van der Waals surface area contributed by atoms with E-state index in [1.807, 2.05) is 10.7 Å². The minimum Gasteiger partial charge on any atom is -0.255 e. The summed E-state index contributed by atoms with van der Waals surface area (Å²) in [6.45, 7) is 4.19. The van der Waals surface area contributed by atoms with Crippen LogP contribution in [0.3, 0.4) is 0 Å². The Kier molecular flexibility index (Phi) is 5.85. The third kappa shape index (κ3) is 4.14. The van der Waals surface area contributed by atoms with Gasteiger partial charge in [0.25, 0.3) is 0 Å². The highest BCUT2D eigenvalue weighted by molar-refractivity contribution is 9.10. The number of aromatic nitrogens is 1.